The number of nitriles is 1. The Morgan fingerprint density at radius 1 is 1.09 bits per heavy atom. The van der Waals surface area contributed by atoms with Gasteiger partial charge in [-0.2, -0.15) is 5.26 Å². The Kier molecular flexibility index (Phi) is 5.76. The quantitative estimate of drug-likeness (QED) is 0.849. The second-order valence-electron chi connectivity index (χ2n) is 5.49. The Bertz CT molecular complexity index is 684. The van der Waals surface area contributed by atoms with E-state index >= 15 is 0 Å². The molecule has 0 saturated carbocycles. The minimum atomic E-state index is -0.359. The van der Waals surface area contributed by atoms with Crippen LogP contribution < -0.4 is 10.6 Å². The summed E-state index contributed by atoms with van der Waals surface area (Å²) in [6.07, 6.45) is 2.19. The third kappa shape index (κ3) is 4.86. The molecule has 0 spiro atoms. The first kappa shape index (κ1) is 16.6. The van der Waals surface area contributed by atoms with Crippen LogP contribution in [0.4, 0.5) is 11.4 Å². The third-order valence-electron chi connectivity index (χ3n) is 3.55. The first-order chi connectivity index (χ1) is 11.1. The lowest BCUT2D eigenvalue weighted by Gasteiger charge is -2.15. The predicted molar refractivity (Wildman–Crippen MR) is 93.3 cm³/mol. The maximum absolute atomic E-state index is 12.2. The number of hydrogen-bond acceptors (Lipinski definition) is 3. The van der Waals surface area contributed by atoms with E-state index in [-0.39, 0.29) is 11.9 Å². The molecule has 0 radical (unpaired) electrons. The molecule has 4 nitrogen and oxygen atoms in total. The minimum absolute atomic E-state index is 0.118. The van der Waals surface area contributed by atoms with Crippen LogP contribution in [0.15, 0.2) is 48.5 Å². The molecule has 0 saturated heterocycles. The SMILES string of the molecule is CCCc1ccc(N[C@@H](C)C(=O)Nc2ccc(C#N)cc2)cc1. The summed E-state index contributed by atoms with van der Waals surface area (Å²) in [5.74, 6) is -0.118. The van der Waals surface area contributed by atoms with Crippen LogP contribution in [0, 0.1) is 11.3 Å². The van der Waals surface area contributed by atoms with Crippen LogP contribution in [0.3, 0.4) is 0 Å². The summed E-state index contributed by atoms with van der Waals surface area (Å²) in [5, 5.41) is 14.8. The third-order valence-corrected chi connectivity index (χ3v) is 3.55. The Labute approximate surface area is 137 Å². The highest BCUT2D eigenvalue weighted by atomic mass is 16.2. The fraction of sp³-hybridized carbons (Fsp3) is 0.263. The molecular formula is C19H21N3O. The van der Waals surface area contributed by atoms with Gasteiger partial charge < -0.3 is 10.6 Å². The van der Waals surface area contributed by atoms with E-state index in [1.54, 1.807) is 24.3 Å². The van der Waals surface area contributed by atoms with Crippen LogP contribution in [0.5, 0.6) is 0 Å². The van der Waals surface area contributed by atoms with Crippen molar-refractivity contribution in [2.75, 3.05) is 10.6 Å². The summed E-state index contributed by atoms with van der Waals surface area (Å²) in [5.41, 5.74) is 3.47. The number of nitrogens with one attached hydrogen (secondary N) is 2. The van der Waals surface area contributed by atoms with Crippen LogP contribution in [-0.4, -0.2) is 11.9 Å². The Morgan fingerprint density at radius 2 is 1.70 bits per heavy atom. The number of nitrogens with zero attached hydrogens (tertiary/aromatic N) is 1. The number of benzene rings is 2. The lowest BCUT2D eigenvalue weighted by atomic mass is 10.1. The topological polar surface area (TPSA) is 64.9 Å². The second kappa shape index (κ2) is 8.00. The van der Waals surface area contributed by atoms with Gasteiger partial charge in [-0.1, -0.05) is 25.5 Å². The summed E-state index contributed by atoms with van der Waals surface area (Å²) in [4.78, 5) is 12.2. The molecular weight excluding hydrogens is 286 g/mol. The number of aryl methyl sites for hydroxylation is 1. The number of carbonyl (C=O) groups is 1. The van der Waals surface area contributed by atoms with Crippen molar-refractivity contribution in [1.82, 2.24) is 0 Å². The van der Waals surface area contributed by atoms with Crippen molar-refractivity contribution < 1.29 is 4.79 Å². The van der Waals surface area contributed by atoms with Gasteiger partial charge in [-0.25, -0.2) is 0 Å². The van der Waals surface area contributed by atoms with Crippen LogP contribution in [0.1, 0.15) is 31.4 Å². The zero-order valence-electron chi connectivity index (χ0n) is 13.5. The first-order valence-electron chi connectivity index (χ1n) is 7.79. The van der Waals surface area contributed by atoms with Crippen LogP contribution >= 0.6 is 0 Å². The van der Waals surface area contributed by atoms with Gasteiger partial charge in [-0.05, 0) is 55.3 Å². The highest BCUT2D eigenvalue weighted by Gasteiger charge is 2.12. The molecule has 0 aliphatic rings. The standard InChI is InChI=1S/C19H21N3O/c1-3-4-15-5-9-17(10-6-15)21-14(2)19(23)22-18-11-7-16(13-20)8-12-18/h5-12,14,21H,3-4H2,1-2H3,(H,22,23)/t14-/m0/s1. The van der Waals surface area contributed by atoms with Crippen LogP contribution in [-0.2, 0) is 11.2 Å². The molecule has 0 aliphatic heterocycles. The summed E-state index contributed by atoms with van der Waals surface area (Å²) in [6, 6.07) is 16.7. The van der Waals surface area contributed by atoms with Crippen molar-refractivity contribution in [3.05, 3.63) is 59.7 Å². The monoisotopic (exact) mass is 307 g/mol. The van der Waals surface area contributed by atoms with Crippen LogP contribution in [0.2, 0.25) is 0 Å². The molecule has 23 heavy (non-hydrogen) atoms. The lowest BCUT2D eigenvalue weighted by Crippen LogP contribution is -2.31. The van der Waals surface area contributed by atoms with Gasteiger partial charge >= 0.3 is 0 Å². The molecule has 0 aromatic heterocycles. The van der Waals surface area contributed by atoms with Gasteiger partial charge in [0.15, 0.2) is 0 Å². The summed E-state index contributed by atoms with van der Waals surface area (Å²) >= 11 is 0. The zero-order valence-corrected chi connectivity index (χ0v) is 13.5. The maximum atomic E-state index is 12.2. The average molecular weight is 307 g/mol. The molecule has 0 fully saturated rings. The lowest BCUT2D eigenvalue weighted by molar-refractivity contribution is -0.116. The fourth-order valence-electron chi connectivity index (χ4n) is 2.25. The molecule has 0 unspecified atom stereocenters. The summed E-state index contributed by atoms with van der Waals surface area (Å²) in [7, 11) is 0. The molecule has 2 aromatic rings. The molecule has 1 amide bonds. The number of rotatable bonds is 6. The van der Waals surface area contributed by atoms with Crippen molar-refractivity contribution in [3.63, 3.8) is 0 Å². The van der Waals surface area contributed by atoms with E-state index in [0.29, 0.717) is 11.3 Å². The van der Waals surface area contributed by atoms with E-state index < -0.39 is 0 Å². The van der Waals surface area contributed by atoms with Gasteiger partial charge in [0, 0.05) is 11.4 Å². The van der Waals surface area contributed by atoms with E-state index in [0.717, 1.165) is 18.5 Å². The Hall–Kier alpha value is -2.80. The predicted octanol–water partition coefficient (Wildman–Crippen LogP) is 3.95. The Balaban J connectivity index is 1.92. The number of carbonyl (C=O) groups excluding carboxylic acids is 1. The minimum Gasteiger partial charge on any atom is -0.374 e. The average Bonchev–Trinajstić information content (AvgIpc) is 2.57. The van der Waals surface area contributed by atoms with Gasteiger partial charge in [-0.3, -0.25) is 4.79 Å². The van der Waals surface area contributed by atoms with E-state index in [1.165, 1.54) is 5.56 Å². The molecule has 2 N–H and O–H groups in total. The maximum Gasteiger partial charge on any atom is 0.246 e. The molecule has 1 atom stereocenters. The first-order valence-corrected chi connectivity index (χ1v) is 7.79. The van der Waals surface area contributed by atoms with E-state index in [1.807, 2.05) is 19.1 Å². The molecule has 4 heteroatoms. The van der Waals surface area contributed by atoms with E-state index in [9.17, 15) is 4.79 Å². The highest BCUT2D eigenvalue weighted by Crippen LogP contribution is 2.14. The van der Waals surface area contributed by atoms with Crippen molar-refractivity contribution in [3.8, 4) is 6.07 Å². The van der Waals surface area contributed by atoms with Gasteiger partial charge in [0.25, 0.3) is 0 Å². The molecule has 118 valence electrons. The normalized spacial score (nSPS) is 11.3. The zero-order chi connectivity index (χ0) is 16.7. The van der Waals surface area contributed by atoms with Crippen molar-refractivity contribution in [2.24, 2.45) is 0 Å². The molecule has 2 rings (SSSR count). The van der Waals surface area contributed by atoms with Gasteiger partial charge in [0.2, 0.25) is 5.91 Å². The second-order valence-corrected chi connectivity index (χ2v) is 5.49. The van der Waals surface area contributed by atoms with Gasteiger partial charge in [0.05, 0.1) is 11.6 Å². The number of hydrogen-bond donors (Lipinski definition) is 2. The largest absolute Gasteiger partial charge is 0.374 e. The van der Waals surface area contributed by atoms with E-state index in [4.69, 9.17) is 5.26 Å². The van der Waals surface area contributed by atoms with Gasteiger partial charge in [-0.15, -0.1) is 0 Å². The Morgan fingerprint density at radius 3 is 2.26 bits per heavy atom. The van der Waals surface area contributed by atoms with Crippen molar-refractivity contribution in [1.29, 1.82) is 5.26 Å². The smallest absolute Gasteiger partial charge is 0.246 e. The fourth-order valence-corrected chi connectivity index (χ4v) is 2.25. The summed E-state index contributed by atoms with van der Waals surface area (Å²) < 4.78 is 0. The molecule has 0 bridgehead atoms. The van der Waals surface area contributed by atoms with Crippen molar-refractivity contribution in [2.45, 2.75) is 32.7 Å². The van der Waals surface area contributed by atoms with Gasteiger partial charge in [0.1, 0.15) is 6.04 Å². The number of amides is 1. The molecule has 0 aliphatic carbocycles. The van der Waals surface area contributed by atoms with E-state index in [2.05, 4.69) is 35.8 Å². The highest BCUT2D eigenvalue weighted by molar-refractivity contribution is 5.96. The summed E-state index contributed by atoms with van der Waals surface area (Å²) in [6.45, 7) is 3.97. The molecule has 2 aromatic carbocycles. The number of anilines is 2. The van der Waals surface area contributed by atoms with Crippen LogP contribution in [0.25, 0.3) is 0 Å². The molecule has 0 heterocycles. The van der Waals surface area contributed by atoms with Crippen molar-refractivity contribution >= 4 is 17.3 Å².